The molecule has 0 aromatic heterocycles. The highest BCUT2D eigenvalue weighted by Gasteiger charge is 2.28. The van der Waals surface area contributed by atoms with Gasteiger partial charge in [0, 0.05) is 13.1 Å². The summed E-state index contributed by atoms with van der Waals surface area (Å²) in [6, 6.07) is 13.3. The van der Waals surface area contributed by atoms with E-state index in [9.17, 15) is 9.59 Å². The van der Waals surface area contributed by atoms with E-state index in [0.717, 1.165) is 28.7 Å². The van der Waals surface area contributed by atoms with Crippen LogP contribution in [0, 0.1) is 20.8 Å². The average molecular weight is 411 g/mol. The molecule has 2 amide bonds. The van der Waals surface area contributed by atoms with Crippen molar-refractivity contribution < 1.29 is 14.3 Å². The van der Waals surface area contributed by atoms with E-state index in [-0.39, 0.29) is 18.4 Å². The van der Waals surface area contributed by atoms with Crippen LogP contribution in [0.1, 0.15) is 48.9 Å². The van der Waals surface area contributed by atoms with E-state index in [0.29, 0.717) is 25.3 Å². The molecule has 5 heteroatoms. The summed E-state index contributed by atoms with van der Waals surface area (Å²) in [5.74, 6) is 0.370. The molecule has 0 spiro atoms. The number of carbonyl (C=O) groups is 2. The Morgan fingerprint density at radius 3 is 2.40 bits per heavy atom. The molecule has 0 aliphatic heterocycles. The minimum Gasteiger partial charge on any atom is -0.483 e. The van der Waals surface area contributed by atoms with Crippen molar-refractivity contribution in [3.8, 4) is 5.75 Å². The lowest BCUT2D eigenvalue weighted by molar-refractivity contribution is -0.143. The zero-order chi connectivity index (χ0) is 22.1. The maximum absolute atomic E-state index is 13.2. The van der Waals surface area contributed by atoms with E-state index in [4.69, 9.17) is 4.74 Å². The second kappa shape index (κ2) is 11.4. The van der Waals surface area contributed by atoms with Crippen LogP contribution in [0.15, 0.2) is 42.5 Å². The maximum Gasteiger partial charge on any atom is 0.261 e. The number of amides is 2. The SMILES string of the molecule is CCCNC(=O)[C@@H](CC)N(Cc1cccc(C)c1)C(=O)COc1ccc(C)cc1C. The highest BCUT2D eigenvalue weighted by Crippen LogP contribution is 2.20. The molecule has 0 bridgehead atoms. The van der Waals surface area contributed by atoms with Gasteiger partial charge in [-0.2, -0.15) is 0 Å². The van der Waals surface area contributed by atoms with E-state index in [1.165, 1.54) is 0 Å². The van der Waals surface area contributed by atoms with Crippen LogP contribution in [-0.4, -0.2) is 35.9 Å². The Morgan fingerprint density at radius 1 is 1.03 bits per heavy atom. The van der Waals surface area contributed by atoms with E-state index < -0.39 is 6.04 Å². The quantitative estimate of drug-likeness (QED) is 0.634. The number of benzene rings is 2. The molecule has 0 saturated carbocycles. The van der Waals surface area contributed by atoms with Crippen molar-refractivity contribution in [2.24, 2.45) is 0 Å². The van der Waals surface area contributed by atoms with Crippen molar-refractivity contribution in [1.82, 2.24) is 10.2 Å². The molecular weight excluding hydrogens is 376 g/mol. The Bertz CT molecular complexity index is 863. The summed E-state index contributed by atoms with van der Waals surface area (Å²) in [4.78, 5) is 27.6. The number of aryl methyl sites for hydroxylation is 3. The standard InChI is InChI=1S/C25H34N2O3/c1-6-13-26-25(29)22(7-2)27(16-21-10-8-9-18(3)15-21)24(28)17-30-23-12-11-19(4)14-20(23)5/h8-12,14-15,22H,6-7,13,16-17H2,1-5H3,(H,26,29)/t22-/m1/s1. The minimum atomic E-state index is -0.535. The van der Waals surface area contributed by atoms with Gasteiger partial charge in [0.25, 0.3) is 5.91 Å². The Balaban J connectivity index is 2.21. The zero-order valence-electron chi connectivity index (χ0n) is 18.8. The van der Waals surface area contributed by atoms with Crippen LogP contribution in [0.2, 0.25) is 0 Å². The van der Waals surface area contributed by atoms with Gasteiger partial charge >= 0.3 is 0 Å². The molecule has 0 aliphatic carbocycles. The van der Waals surface area contributed by atoms with E-state index in [1.54, 1.807) is 4.90 Å². The molecule has 0 heterocycles. The van der Waals surface area contributed by atoms with Crippen molar-refractivity contribution >= 4 is 11.8 Å². The van der Waals surface area contributed by atoms with Crippen LogP contribution < -0.4 is 10.1 Å². The monoisotopic (exact) mass is 410 g/mol. The van der Waals surface area contributed by atoms with Crippen LogP contribution in [0.4, 0.5) is 0 Å². The number of rotatable bonds is 10. The van der Waals surface area contributed by atoms with Crippen LogP contribution in [0.3, 0.4) is 0 Å². The topological polar surface area (TPSA) is 58.6 Å². The van der Waals surface area contributed by atoms with Crippen LogP contribution >= 0.6 is 0 Å². The molecule has 30 heavy (non-hydrogen) atoms. The van der Waals surface area contributed by atoms with Gasteiger partial charge in [0.2, 0.25) is 5.91 Å². The van der Waals surface area contributed by atoms with Crippen molar-refractivity contribution in [3.05, 3.63) is 64.7 Å². The van der Waals surface area contributed by atoms with Gasteiger partial charge in [-0.05, 0) is 50.8 Å². The molecule has 0 fully saturated rings. The van der Waals surface area contributed by atoms with Gasteiger partial charge in [0.05, 0.1) is 0 Å². The molecule has 0 aliphatic rings. The highest BCUT2D eigenvalue weighted by atomic mass is 16.5. The van der Waals surface area contributed by atoms with Gasteiger partial charge < -0.3 is 15.0 Å². The predicted molar refractivity (Wildman–Crippen MR) is 121 cm³/mol. The summed E-state index contributed by atoms with van der Waals surface area (Å²) in [5, 5.41) is 2.93. The first-order chi connectivity index (χ1) is 14.3. The Hall–Kier alpha value is -2.82. The Labute approximate surface area is 180 Å². The fourth-order valence-electron chi connectivity index (χ4n) is 3.48. The Kier molecular flexibility index (Phi) is 8.90. The maximum atomic E-state index is 13.2. The van der Waals surface area contributed by atoms with Gasteiger partial charge in [-0.1, -0.05) is 61.4 Å². The molecule has 162 valence electrons. The van der Waals surface area contributed by atoms with Crippen molar-refractivity contribution in [3.63, 3.8) is 0 Å². The number of nitrogens with one attached hydrogen (secondary N) is 1. The third kappa shape index (κ3) is 6.61. The molecule has 0 radical (unpaired) electrons. The largest absolute Gasteiger partial charge is 0.483 e. The fraction of sp³-hybridized carbons (Fsp3) is 0.440. The molecule has 0 unspecified atom stereocenters. The van der Waals surface area contributed by atoms with Crippen molar-refractivity contribution in [1.29, 1.82) is 0 Å². The van der Waals surface area contributed by atoms with E-state index >= 15 is 0 Å². The fourth-order valence-corrected chi connectivity index (χ4v) is 3.48. The lowest BCUT2D eigenvalue weighted by Crippen LogP contribution is -2.50. The summed E-state index contributed by atoms with van der Waals surface area (Å²) < 4.78 is 5.83. The Morgan fingerprint density at radius 2 is 1.77 bits per heavy atom. The minimum absolute atomic E-state index is 0.104. The van der Waals surface area contributed by atoms with Crippen molar-refractivity contribution in [2.75, 3.05) is 13.2 Å². The number of ether oxygens (including phenoxy) is 1. The summed E-state index contributed by atoms with van der Waals surface area (Å²) in [5.41, 5.74) is 4.25. The van der Waals surface area contributed by atoms with Crippen LogP contribution in [0.25, 0.3) is 0 Å². The number of nitrogens with zero attached hydrogens (tertiary/aromatic N) is 1. The normalized spacial score (nSPS) is 11.6. The predicted octanol–water partition coefficient (Wildman–Crippen LogP) is 4.32. The van der Waals surface area contributed by atoms with E-state index in [1.807, 2.05) is 77.1 Å². The van der Waals surface area contributed by atoms with Gasteiger partial charge in [-0.3, -0.25) is 9.59 Å². The van der Waals surface area contributed by atoms with Gasteiger partial charge in [0.15, 0.2) is 6.61 Å². The number of hydrogen-bond acceptors (Lipinski definition) is 3. The summed E-state index contributed by atoms with van der Waals surface area (Å²) >= 11 is 0. The van der Waals surface area contributed by atoms with Gasteiger partial charge in [-0.25, -0.2) is 0 Å². The zero-order valence-corrected chi connectivity index (χ0v) is 18.8. The van der Waals surface area contributed by atoms with E-state index in [2.05, 4.69) is 5.32 Å². The van der Waals surface area contributed by atoms with Crippen molar-refractivity contribution in [2.45, 2.75) is 60.0 Å². The van der Waals surface area contributed by atoms with Gasteiger partial charge in [-0.15, -0.1) is 0 Å². The molecule has 2 aromatic rings. The van der Waals surface area contributed by atoms with Crippen LogP contribution in [-0.2, 0) is 16.1 Å². The molecule has 1 atom stereocenters. The number of hydrogen-bond donors (Lipinski definition) is 1. The highest BCUT2D eigenvalue weighted by molar-refractivity contribution is 5.88. The first kappa shape index (κ1) is 23.5. The second-order valence-electron chi connectivity index (χ2n) is 7.78. The lowest BCUT2D eigenvalue weighted by atomic mass is 10.1. The molecule has 2 aromatic carbocycles. The molecule has 5 nitrogen and oxygen atoms in total. The second-order valence-corrected chi connectivity index (χ2v) is 7.78. The lowest BCUT2D eigenvalue weighted by Gasteiger charge is -2.30. The summed E-state index contributed by atoms with van der Waals surface area (Å²) in [6.07, 6.45) is 1.39. The molecular formula is C25H34N2O3. The van der Waals surface area contributed by atoms with Gasteiger partial charge in [0.1, 0.15) is 11.8 Å². The molecule has 0 saturated heterocycles. The summed E-state index contributed by atoms with van der Waals surface area (Å²) in [6.45, 7) is 10.8. The number of carbonyl (C=O) groups excluding carboxylic acids is 2. The van der Waals surface area contributed by atoms with Crippen LogP contribution in [0.5, 0.6) is 5.75 Å². The smallest absolute Gasteiger partial charge is 0.261 e. The summed E-state index contributed by atoms with van der Waals surface area (Å²) in [7, 11) is 0. The first-order valence-corrected chi connectivity index (χ1v) is 10.7. The molecule has 2 rings (SSSR count). The third-order valence-electron chi connectivity index (χ3n) is 5.05. The molecule has 1 N–H and O–H groups in total. The third-order valence-corrected chi connectivity index (χ3v) is 5.05. The average Bonchev–Trinajstić information content (AvgIpc) is 2.71. The first-order valence-electron chi connectivity index (χ1n) is 10.7.